The monoisotopic (exact) mass is 764 g/mol. The molecule has 3 heterocycles. The summed E-state index contributed by atoms with van der Waals surface area (Å²) in [5.74, 6) is 0.625. The van der Waals surface area contributed by atoms with Crippen LogP contribution in [0.2, 0.25) is 0 Å². The van der Waals surface area contributed by atoms with Crippen molar-refractivity contribution in [2.45, 2.75) is 0 Å². The summed E-state index contributed by atoms with van der Waals surface area (Å²) in [5, 5.41) is 4.76. The quantitative estimate of drug-likeness (QED) is 0.169. The second kappa shape index (κ2) is 13.8. The Morgan fingerprint density at radius 2 is 0.883 bits per heavy atom. The van der Waals surface area contributed by atoms with Gasteiger partial charge in [-0.2, -0.15) is 0 Å². The number of nitrogens with zero attached hydrogens (tertiary/aromatic N) is 4. The third kappa shape index (κ3) is 5.39. The smallest absolute Gasteiger partial charge is 0.235 e. The van der Waals surface area contributed by atoms with E-state index in [1.165, 1.54) is 38.6 Å². The van der Waals surface area contributed by atoms with Crippen molar-refractivity contribution >= 4 is 49.6 Å². The third-order valence-corrected chi connectivity index (χ3v) is 11.9. The highest BCUT2D eigenvalue weighted by molar-refractivity contribution is 6.26. The first-order valence-electron chi connectivity index (χ1n) is 20.4. The first-order chi connectivity index (χ1) is 29.8. The fourth-order valence-electron chi connectivity index (χ4n) is 9.25. The summed E-state index contributed by atoms with van der Waals surface area (Å²) in [6.45, 7) is 0. The summed E-state index contributed by atoms with van der Waals surface area (Å²) < 4.78 is 2.27. The highest BCUT2D eigenvalue weighted by Crippen LogP contribution is 2.56. The molecule has 0 fully saturated rings. The van der Waals surface area contributed by atoms with E-state index in [1.54, 1.807) is 0 Å². The number of benzene rings is 9. The topological polar surface area (TPSA) is 34.0 Å². The summed E-state index contributed by atoms with van der Waals surface area (Å²) in [5.41, 5.74) is 16.4. The van der Waals surface area contributed by atoms with Gasteiger partial charge < -0.3 is 4.90 Å². The predicted octanol–water partition coefficient (Wildman–Crippen LogP) is 14.8. The van der Waals surface area contributed by atoms with E-state index in [2.05, 4.69) is 216 Å². The van der Waals surface area contributed by atoms with Gasteiger partial charge in [0, 0.05) is 38.5 Å². The lowest BCUT2D eigenvalue weighted by Gasteiger charge is -2.34. The molecule has 0 spiro atoms. The number of hydrogen-bond donors (Lipinski definition) is 0. The van der Waals surface area contributed by atoms with E-state index in [0.717, 1.165) is 66.9 Å². The molecule has 0 N–H and O–H groups in total. The molecule has 0 saturated heterocycles. The summed E-state index contributed by atoms with van der Waals surface area (Å²) >= 11 is 0. The molecule has 0 saturated carbocycles. The molecule has 0 amide bonds. The van der Waals surface area contributed by atoms with Crippen LogP contribution in [0, 0.1) is 0 Å². The van der Waals surface area contributed by atoms with E-state index in [1.807, 2.05) is 12.1 Å². The van der Waals surface area contributed by atoms with Gasteiger partial charge in [0.2, 0.25) is 5.95 Å². The highest BCUT2D eigenvalue weighted by atomic mass is 15.2. The Balaban J connectivity index is 1.21. The Hall–Kier alpha value is -8.08. The van der Waals surface area contributed by atoms with Crippen LogP contribution in [0.5, 0.6) is 0 Å². The van der Waals surface area contributed by atoms with Gasteiger partial charge in [-0.3, -0.25) is 4.57 Å². The van der Waals surface area contributed by atoms with Crippen LogP contribution in [0.3, 0.4) is 0 Å². The fourth-order valence-corrected chi connectivity index (χ4v) is 9.25. The lowest BCUT2D eigenvalue weighted by molar-refractivity contribution is 0.995. The summed E-state index contributed by atoms with van der Waals surface area (Å²) in [7, 11) is 0. The molecule has 60 heavy (non-hydrogen) atoms. The van der Waals surface area contributed by atoms with Gasteiger partial charge in [0.15, 0.2) is 0 Å². The van der Waals surface area contributed by atoms with Crippen LogP contribution >= 0.6 is 0 Å². The molecule has 280 valence electrons. The average molecular weight is 765 g/mol. The van der Waals surface area contributed by atoms with E-state index in [4.69, 9.17) is 9.97 Å². The van der Waals surface area contributed by atoms with Crippen LogP contribution in [-0.4, -0.2) is 14.5 Å². The van der Waals surface area contributed by atoms with Crippen molar-refractivity contribution in [3.8, 4) is 61.8 Å². The van der Waals surface area contributed by atoms with Gasteiger partial charge in [-0.05, 0) is 75.7 Å². The fraction of sp³-hybridized carbons (Fsp3) is 0. The lowest BCUT2D eigenvalue weighted by atomic mass is 9.86. The largest absolute Gasteiger partial charge is 0.309 e. The molecule has 0 radical (unpaired) electrons. The number of para-hydroxylation sites is 1. The minimum atomic E-state index is 0.625. The molecular weight excluding hydrogens is 729 g/mol. The van der Waals surface area contributed by atoms with E-state index in [-0.39, 0.29) is 0 Å². The Bertz CT molecular complexity index is 3340. The molecule has 9 aromatic carbocycles. The van der Waals surface area contributed by atoms with Gasteiger partial charge in [0.05, 0.1) is 33.8 Å². The number of anilines is 3. The number of rotatable bonds is 6. The Morgan fingerprint density at radius 1 is 0.333 bits per heavy atom. The molecule has 1 aliphatic heterocycles. The summed E-state index contributed by atoms with van der Waals surface area (Å²) in [6.07, 6.45) is 0. The first-order valence-corrected chi connectivity index (χ1v) is 20.4. The van der Waals surface area contributed by atoms with Crippen molar-refractivity contribution in [3.63, 3.8) is 0 Å². The zero-order valence-electron chi connectivity index (χ0n) is 32.6. The van der Waals surface area contributed by atoms with Crippen molar-refractivity contribution in [2.75, 3.05) is 4.90 Å². The third-order valence-electron chi connectivity index (χ3n) is 11.9. The van der Waals surface area contributed by atoms with Crippen molar-refractivity contribution in [3.05, 3.63) is 218 Å². The number of hydrogen-bond acceptors (Lipinski definition) is 3. The second-order valence-electron chi connectivity index (χ2n) is 15.4. The van der Waals surface area contributed by atoms with Crippen LogP contribution in [0.4, 0.5) is 17.1 Å². The minimum Gasteiger partial charge on any atom is -0.309 e. The molecule has 12 rings (SSSR count). The van der Waals surface area contributed by atoms with Gasteiger partial charge in [-0.1, -0.05) is 176 Å². The van der Waals surface area contributed by atoms with Crippen LogP contribution < -0.4 is 4.90 Å². The lowest BCUT2D eigenvalue weighted by Crippen LogP contribution is -2.15. The highest BCUT2D eigenvalue weighted by Gasteiger charge is 2.31. The van der Waals surface area contributed by atoms with Crippen LogP contribution in [0.25, 0.3) is 94.4 Å². The molecular formula is C56H36N4. The van der Waals surface area contributed by atoms with E-state index in [9.17, 15) is 0 Å². The van der Waals surface area contributed by atoms with E-state index in [0.29, 0.717) is 5.95 Å². The minimum absolute atomic E-state index is 0.625. The zero-order valence-corrected chi connectivity index (χ0v) is 32.6. The molecule has 4 heteroatoms. The molecule has 2 aromatic heterocycles. The molecule has 0 bridgehead atoms. The first kappa shape index (κ1) is 34.0. The maximum Gasteiger partial charge on any atom is 0.235 e. The maximum atomic E-state index is 5.39. The van der Waals surface area contributed by atoms with Crippen molar-refractivity contribution in [1.82, 2.24) is 14.5 Å². The molecule has 0 aliphatic carbocycles. The van der Waals surface area contributed by atoms with Crippen molar-refractivity contribution in [1.29, 1.82) is 0 Å². The molecule has 4 nitrogen and oxygen atoms in total. The second-order valence-corrected chi connectivity index (χ2v) is 15.4. The molecule has 0 atom stereocenters. The molecule has 1 aliphatic rings. The number of fused-ring (bicyclic) bond motifs is 6. The van der Waals surface area contributed by atoms with Crippen LogP contribution in [0.1, 0.15) is 0 Å². The Kier molecular flexibility index (Phi) is 7.82. The number of aromatic nitrogens is 3. The zero-order chi connectivity index (χ0) is 39.6. The van der Waals surface area contributed by atoms with Crippen LogP contribution in [0.15, 0.2) is 218 Å². The van der Waals surface area contributed by atoms with E-state index < -0.39 is 0 Å². The van der Waals surface area contributed by atoms with Gasteiger partial charge in [-0.25, -0.2) is 9.97 Å². The van der Waals surface area contributed by atoms with Crippen molar-refractivity contribution < 1.29 is 0 Å². The van der Waals surface area contributed by atoms with Crippen molar-refractivity contribution in [2.24, 2.45) is 0 Å². The molecule has 0 unspecified atom stereocenters. The summed E-state index contributed by atoms with van der Waals surface area (Å²) in [6, 6.07) is 78.0. The SMILES string of the molecule is c1ccc(-c2ccc3c(c2)c2c4c(ccc2n3-c2nc(-c3ccccc3)cc(-c3ccccc3)n2)-c2ccc(-c3ccccc3)c3cccc(c23)N4c2ccccc2)cc1. The van der Waals surface area contributed by atoms with Crippen LogP contribution in [-0.2, 0) is 0 Å². The molecule has 11 aromatic rings. The standard InChI is InChI=1S/C56H36N4/c1-6-17-37(18-7-1)41-29-33-50-47(35-41)54-52(60(50)56-57-48(39-21-10-3-11-22-39)36-49(58-56)40-23-12-4-13-24-40)34-32-46-45-31-30-43(38-19-8-2-9-20-38)44-27-16-28-51(53(44)45)59(55(46)54)42-25-14-5-15-26-42/h1-36H. The maximum absolute atomic E-state index is 5.39. The van der Waals surface area contributed by atoms with Gasteiger partial charge in [0.25, 0.3) is 0 Å². The summed E-state index contributed by atoms with van der Waals surface area (Å²) in [4.78, 5) is 13.3. The van der Waals surface area contributed by atoms with Gasteiger partial charge in [-0.15, -0.1) is 0 Å². The van der Waals surface area contributed by atoms with Gasteiger partial charge in [0.1, 0.15) is 0 Å². The predicted molar refractivity (Wildman–Crippen MR) is 249 cm³/mol. The van der Waals surface area contributed by atoms with E-state index >= 15 is 0 Å². The average Bonchev–Trinajstić information content (AvgIpc) is 3.67. The van der Waals surface area contributed by atoms with Gasteiger partial charge >= 0.3 is 0 Å². The Morgan fingerprint density at radius 3 is 1.53 bits per heavy atom. The normalized spacial score (nSPS) is 12.0. The Labute approximate surface area is 347 Å².